The van der Waals surface area contributed by atoms with Crippen molar-refractivity contribution < 1.29 is 9.90 Å². The van der Waals surface area contributed by atoms with Crippen LogP contribution in [0.3, 0.4) is 0 Å². The third-order valence-electron chi connectivity index (χ3n) is 4.77. The van der Waals surface area contributed by atoms with Gasteiger partial charge in [-0.1, -0.05) is 36.4 Å². The molecule has 144 valence electrons. The van der Waals surface area contributed by atoms with Crippen LogP contribution in [0.5, 0.6) is 0 Å². The summed E-state index contributed by atoms with van der Waals surface area (Å²) in [5.74, 6) is -0.949. The summed E-state index contributed by atoms with van der Waals surface area (Å²) in [7, 11) is 0. The van der Waals surface area contributed by atoms with Crippen LogP contribution in [0.2, 0.25) is 0 Å². The molecule has 4 aromatic rings. The Morgan fingerprint density at radius 3 is 2.34 bits per heavy atom. The summed E-state index contributed by atoms with van der Waals surface area (Å²) >= 11 is 0. The van der Waals surface area contributed by atoms with Crippen molar-refractivity contribution in [2.45, 2.75) is 12.8 Å². The molecule has 0 unspecified atom stereocenters. The smallest absolute Gasteiger partial charge is 0.337 e. The van der Waals surface area contributed by atoms with Crippen LogP contribution in [-0.4, -0.2) is 20.9 Å². The maximum Gasteiger partial charge on any atom is 0.337 e. The Bertz CT molecular complexity index is 1090. The Balaban J connectivity index is 1.53. The molecule has 3 aromatic carbocycles. The summed E-state index contributed by atoms with van der Waals surface area (Å²) in [5.41, 5.74) is 4.96. The molecule has 4 rings (SSSR count). The van der Waals surface area contributed by atoms with E-state index in [-0.39, 0.29) is 5.56 Å². The zero-order chi connectivity index (χ0) is 20.1. The summed E-state index contributed by atoms with van der Waals surface area (Å²) in [5, 5.41) is 17.0. The lowest BCUT2D eigenvalue weighted by atomic mass is 10.0. The SMILES string of the molecule is O=C(O)c1ccc(CCc2ccccc2)cc1Nc1ccc(-n2cccn2)cc1. The minimum Gasteiger partial charge on any atom is -0.478 e. The number of carboxylic acid groups (broad SMARTS) is 1. The van der Waals surface area contributed by atoms with Crippen molar-refractivity contribution in [1.82, 2.24) is 9.78 Å². The lowest BCUT2D eigenvalue weighted by Gasteiger charge is -2.13. The molecule has 0 radical (unpaired) electrons. The fourth-order valence-electron chi connectivity index (χ4n) is 3.24. The van der Waals surface area contributed by atoms with E-state index in [2.05, 4.69) is 22.5 Å². The fraction of sp³-hybridized carbons (Fsp3) is 0.0833. The average molecular weight is 383 g/mol. The molecule has 0 aliphatic rings. The lowest BCUT2D eigenvalue weighted by molar-refractivity contribution is 0.0698. The van der Waals surface area contributed by atoms with Gasteiger partial charge >= 0.3 is 5.97 Å². The molecule has 0 aliphatic carbocycles. The molecular weight excluding hydrogens is 362 g/mol. The highest BCUT2D eigenvalue weighted by Crippen LogP contribution is 2.24. The van der Waals surface area contributed by atoms with E-state index in [1.165, 1.54) is 5.56 Å². The highest BCUT2D eigenvalue weighted by atomic mass is 16.4. The standard InChI is InChI=1S/C24H21N3O2/c28-24(29)22-14-9-19(8-7-18-5-2-1-3-6-18)17-23(22)26-20-10-12-21(13-11-20)27-16-4-15-25-27/h1-6,9-17,26H,7-8H2,(H,28,29). The molecule has 0 fully saturated rings. The second-order valence-electron chi connectivity index (χ2n) is 6.79. The van der Waals surface area contributed by atoms with Gasteiger partial charge in [0.1, 0.15) is 0 Å². The van der Waals surface area contributed by atoms with E-state index in [0.29, 0.717) is 5.69 Å². The summed E-state index contributed by atoms with van der Waals surface area (Å²) in [6.07, 6.45) is 5.36. The summed E-state index contributed by atoms with van der Waals surface area (Å²) in [4.78, 5) is 11.7. The van der Waals surface area contributed by atoms with E-state index >= 15 is 0 Å². The highest BCUT2D eigenvalue weighted by molar-refractivity contribution is 5.95. The lowest BCUT2D eigenvalue weighted by Crippen LogP contribution is -2.04. The molecule has 1 heterocycles. The van der Waals surface area contributed by atoms with Crippen LogP contribution < -0.4 is 5.32 Å². The van der Waals surface area contributed by atoms with Gasteiger partial charge in [0.15, 0.2) is 0 Å². The predicted molar refractivity (Wildman–Crippen MR) is 114 cm³/mol. The number of aromatic nitrogens is 2. The first kappa shape index (κ1) is 18.5. The van der Waals surface area contributed by atoms with Crippen molar-refractivity contribution in [1.29, 1.82) is 0 Å². The zero-order valence-electron chi connectivity index (χ0n) is 15.8. The van der Waals surface area contributed by atoms with E-state index < -0.39 is 5.97 Å². The van der Waals surface area contributed by atoms with Crippen molar-refractivity contribution >= 4 is 17.3 Å². The molecule has 0 bridgehead atoms. The number of hydrogen-bond donors (Lipinski definition) is 2. The third kappa shape index (κ3) is 4.52. The Morgan fingerprint density at radius 1 is 0.897 bits per heavy atom. The summed E-state index contributed by atoms with van der Waals surface area (Å²) < 4.78 is 1.77. The van der Waals surface area contributed by atoms with Crippen LogP contribution in [0.4, 0.5) is 11.4 Å². The molecular formula is C24H21N3O2. The van der Waals surface area contributed by atoms with Gasteiger partial charge in [0.2, 0.25) is 0 Å². The van der Waals surface area contributed by atoms with Crippen molar-refractivity contribution in [3.8, 4) is 5.69 Å². The number of hydrogen-bond acceptors (Lipinski definition) is 3. The Kier molecular flexibility index (Phi) is 5.38. The minimum atomic E-state index is -0.949. The van der Waals surface area contributed by atoms with Gasteiger partial charge < -0.3 is 10.4 Å². The fourth-order valence-corrected chi connectivity index (χ4v) is 3.24. The van der Waals surface area contributed by atoms with Crippen LogP contribution in [0.25, 0.3) is 5.69 Å². The number of carboxylic acids is 1. The molecule has 0 spiro atoms. The van der Waals surface area contributed by atoms with Gasteiger partial charge in [-0.2, -0.15) is 5.10 Å². The quantitative estimate of drug-likeness (QED) is 0.466. The molecule has 5 nitrogen and oxygen atoms in total. The van der Waals surface area contributed by atoms with Crippen molar-refractivity contribution in [3.63, 3.8) is 0 Å². The first-order chi connectivity index (χ1) is 14.2. The van der Waals surface area contributed by atoms with Crippen LogP contribution in [-0.2, 0) is 12.8 Å². The van der Waals surface area contributed by atoms with Crippen molar-refractivity contribution in [2.75, 3.05) is 5.32 Å². The van der Waals surface area contributed by atoms with E-state index in [4.69, 9.17) is 0 Å². The summed E-state index contributed by atoms with van der Waals surface area (Å²) in [6, 6.07) is 25.3. The maximum atomic E-state index is 11.7. The molecule has 0 saturated heterocycles. The number of nitrogens with one attached hydrogen (secondary N) is 1. The van der Waals surface area contributed by atoms with Gasteiger partial charge in [-0.3, -0.25) is 0 Å². The van der Waals surface area contributed by atoms with E-state index in [1.807, 2.05) is 66.9 Å². The molecule has 29 heavy (non-hydrogen) atoms. The van der Waals surface area contributed by atoms with Crippen LogP contribution >= 0.6 is 0 Å². The second kappa shape index (κ2) is 8.44. The molecule has 5 heteroatoms. The number of aryl methyl sites for hydroxylation is 2. The van der Waals surface area contributed by atoms with Gasteiger partial charge in [-0.05, 0) is 66.4 Å². The topological polar surface area (TPSA) is 67.2 Å². The van der Waals surface area contributed by atoms with Gasteiger partial charge in [0, 0.05) is 18.1 Å². The molecule has 0 saturated carbocycles. The number of aromatic carboxylic acids is 1. The van der Waals surface area contributed by atoms with Gasteiger partial charge in [0.05, 0.1) is 16.9 Å². The van der Waals surface area contributed by atoms with Crippen LogP contribution in [0.15, 0.2) is 91.3 Å². The number of benzene rings is 3. The second-order valence-corrected chi connectivity index (χ2v) is 6.79. The predicted octanol–water partition coefficient (Wildman–Crippen LogP) is 5.10. The monoisotopic (exact) mass is 383 g/mol. The normalized spacial score (nSPS) is 10.6. The maximum absolute atomic E-state index is 11.7. The highest BCUT2D eigenvalue weighted by Gasteiger charge is 2.11. The number of anilines is 2. The van der Waals surface area contributed by atoms with Gasteiger partial charge in [-0.15, -0.1) is 0 Å². The molecule has 0 atom stereocenters. The minimum absolute atomic E-state index is 0.254. The van der Waals surface area contributed by atoms with E-state index in [1.54, 1.807) is 16.9 Å². The van der Waals surface area contributed by atoms with E-state index in [0.717, 1.165) is 29.8 Å². The zero-order valence-corrected chi connectivity index (χ0v) is 15.8. The van der Waals surface area contributed by atoms with Crippen LogP contribution in [0.1, 0.15) is 21.5 Å². The molecule has 0 aliphatic heterocycles. The van der Waals surface area contributed by atoms with Crippen molar-refractivity contribution in [3.05, 3.63) is 108 Å². The largest absolute Gasteiger partial charge is 0.478 e. The van der Waals surface area contributed by atoms with E-state index in [9.17, 15) is 9.90 Å². The Morgan fingerprint density at radius 2 is 1.66 bits per heavy atom. The molecule has 0 amide bonds. The Labute approximate surface area is 169 Å². The summed E-state index contributed by atoms with van der Waals surface area (Å²) in [6.45, 7) is 0. The molecule has 2 N–H and O–H groups in total. The van der Waals surface area contributed by atoms with Gasteiger partial charge in [-0.25, -0.2) is 9.48 Å². The first-order valence-corrected chi connectivity index (χ1v) is 9.46. The van der Waals surface area contributed by atoms with Crippen LogP contribution in [0, 0.1) is 0 Å². The Hall–Kier alpha value is -3.86. The molecule has 1 aromatic heterocycles. The first-order valence-electron chi connectivity index (χ1n) is 9.46. The number of nitrogens with zero attached hydrogens (tertiary/aromatic N) is 2. The van der Waals surface area contributed by atoms with Gasteiger partial charge in [0.25, 0.3) is 0 Å². The third-order valence-corrected chi connectivity index (χ3v) is 4.77. The van der Waals surface area contributed by atoms with Crippen molar-refractivity contribution in [2.24, 2.45) is 0 Å². The number of carbonyl (C=O) groups is 1. The number of rotatable bonds is 7. The average Bonchev–Trinajstić information content (AvgIpc) is 3.28.